The van der Waals surface area contributed by atoms with E-state index in [4.69, 9.17) is 0 Å². The average molecular weight is 269 g/mol. The van der Waals surface area contributed by atoms with Crippen LogP contribution in [-0.4, -0.2) is 61.7 Å². The van der Waals surface area contributed by atoms with E-state index in [0.29, 0.717) is 6.04 Å². The zero-order valence-electron chi connectivity index (χ0n) is 13.8. The summed E-state index contributed by atoms with van der Waals surface area (Å²) >= 11 is 0. The lowest BCUT2D eigenvalue weighted by Gasteiger charge is -2.31. The Hall–Kier alpha value is -0.120. The van der Waals surface area contributed by atoms with Gasteiger partial charge in [0.15, 0.2) is 0 Å². The molecule has 1 rings (SSSR count). The van der Waals surface area contributed by atoms with Crippen LogP contribution in [0, 0.1) is 5.92 Å². The molecule has 1 aliphatic rings. The molecule has 19 heavy (non-hydrogen) atoms. The van der Waals surface area contributed by atoms with E-state index in [9.17, 15) is 0 Å². The Kier molecular flexibility index (Phi) is 7.96. The van der Waals surface area contributed by atoms with Crippen LogP contribution in [0.4, 0.5) is 0 Å². The normalized spacial score (nSPS) is 22.6. The lowest BCUT2D eigenvalue weighted by Crippen LogP contribution is -2.42. The molecule has 0 saturated carbocycles. The van der Waals surface area contributed by atoms with Gasteiger partial charge in [0.05, 0.1) is 0 Å². The minimum atomic E-state index is 0.680. The molecule has 1 fully saturated rings. The highest BCUT2D eigenvalue weighted by Gasteiger charge is 2.25. The molecule has 0 aromatic rings. The Balaban J connectivity index is 2.18. The molecular weight excluding hydrogens is 234 g/mol. The molecule has 1 saturated heterocycles. The van der Waals surface area contributed by atoms with Gasteiger partial charge in [0, 0.05) is 18.6 Å². The van der Waals surface area contributed by atoms with Crippen LogP contribution in [0.25, 0.3) is 0 Å². The molecule has 3 nitrogen and oxygen atoms in total. The standard InChI is InChI=1S/C16H35N3/c1-6-19-11-7-8-16(19)13-18(5)15(4)9-10-17-12-14(2)3/h14-17H,6-13H2,1-5H3. The van der Waals surface area contributed by atoms with E-state index in [2.05, 4.69) is 49.9 Å². The van der Waals surface area contributed by atoms with Crippen LogP contribution in [-0.2, 0) is 0 Å². The number of nitrogens with zero attached hydrogens (tertiary/aromatic N) is 2. The fourth-order valence-corrected chi connectivity index (χ4v) is 2.95. The lowest BCUT2D eigenvalue weighted by molar-refractivity contribution is 0.165. The van der Waals surface area contributed by atoms with Crippen LogP contribution in [0.1, 0.15) is 47.0 Å². The van der Waals surface area contributed by atoms with Crippen LogP contribution < -0.4 is 5.32 Å². The van der Waals surface area contributed by atoms with Crippen LogP contribution in [0.15, 0.2) is 0 Å². The van der Waals surface area contributed by atoms with Crippen LogP contribution >= 0.6 is 0 Å². The van der Waals surface area contributed by atoms with E-state index in [1.807, 2.05) is 0 Å². The third-order valence-electron chi connectivity index (χ3n) is 4.45. The Labute approximate surface area is 120 Å². The molecule has 1 heterocycles. The van der Waals surface area contributed by atoms with E-state index >= 15 is 0 Å². The van der Waals surface area contributed by atoms with Crippen molar-refractivity contribution in [3.05, 3.63) is 0 Å². The van der Waals surface area contributed by atoms with E-state index in [-0.39, 0.29) is 0 Å². The molecule has 2 atom stereocenters. The number of hydrogen-bond donors (Lipinski definition) is 1. The summed E-state index contributed by atoms with van der Waals surface area (Å²) in [6.45, 7) is 15.2. The van der Waals surface area contributed by atoms with Gasteiger partial charge in [-0.3, -0.25) is 4.90 Å². The lowest BCUT2D eigenvalue weighted by atomic mass is 10.1. The second kappa shape index (κ2) is 8.93. The van der Waals surface area contributed by atoms with E-state index in [1.54, 1.807) is 0 Å². The fourth-order valence-electron chi connectivity index (χ4n) is 2.95. The summed E-state index contributed by atoms with van der Waals surface area (Å²) in [5.74, 6) is 0.754. The summed E-state index contributed by atoms with van der Waals surface area (Å²) < 4.78 is 0. The number of likely N-dealkylation sites (N-methyl/N-ethyl adjacent to an activating group) is 2. The summed E-state index contributed by atoms with van der Waals surface area (Å²) in [6, 6.07) is 1.47. The highest BCUT2D eigenvalue weighted by Crippen LogP contribution is 2.18. The van der Waals surface area contributed by atoms with E-state index in [0.717, 1.165) is 25.0 Å². The molecule has 0 amide bonds. The van der Waals surface area contributed by atoms with Gasteiger partial charge in [-0.05, 0) is 65.3 Å². The fraction of sp³-hybridized carbons (Fsp3) is 1.00. The monoisotopic (exact) mass is 269 g/mol. The number of nitrogens with one attached hydrogen (secondary N) is 1. The molecule has 0 radical (unpaired) electrons. The van der Waals surface area contributed by atoms with Gasteiger partial charge >= 0.3 is 0 Å². The molecule has 0 aliphatic carbocycles. The Morgan fingerprint density at radius 3 is 2.68 bits per heavy atom. The first kappa shape index (κ1) is 16.9. The highest BCUT2D eigenvalue weighted by atomic mass is 15.2. The maximum atomic E-state index is 3.55. The Morgan fingerprint density at radius 1 is 1.32 bits per heavy atom. The minimum Gasteiger partial charge on any atom is -0.316 e. The molecule has 0 spiro atoms. The summed E-state index contributed by atoms with van der Waals surface area (Å²) in [4.78, 5) is 5.19. The first-order valence-electron chi connectivity index (χ1n) is 8.19. The van der Waals surface area contributed by atoms with Gasteiger partial charge < -0.3 is 10.2 Å². The molecule has 114 valence electrons. The molecule has 0 aromatic heterocycles. The van der Waals surface area contributed by atoms with E-state index < -0.39 is 0 Å². The van der Waals surface area contributed by atoms with Crippen molar-refractivity contribution in [2.75, 3.05) is 39.8 Å². The summed E-state index contributed by atoms with van der Waals surface area (Å²) in [7, 11) is 2.29. The maximum absolute atomic E-state index is 3.55. The Morgan fingerprint density at radius 2 is 2.05 bits per heavy atom. The highest BCUT2D eigenvalue weighted by molar-refractivity contribution is 4.82. The predicted octanol–water partition coefficient (Wildman–Crippen LogP) is 2.43. The first-order valence-corrected chi connectivity index (χ1v) is 8.19. The number of hydrogen-bond acceptors (Lipinski definition) is 3. The summed E-state index contributed by atoms with van der Waals surface area (Å²) in [6.07, 6.45) is 4.02. The topological polar surface area (TPSA) is 18.5 Å². The van der Waals surface area contributed by atoms with Crippen LogP contribution in [0.5, 0.6) is 0 Å². The third-order valence-corrected chi connectivity index (χ3v) is 4.45. The average Bonchev–Trinajstić information content (AvgIpc) is 2.81. The maximum Gasteiger partial charge on any atom is 0.0223 e. The number of likely N-dealkylation sites (tertiary alicyclic amines) is 1. The van der Waals surface area contributed by atoms with Gasteiger partial charge in [0.2, 0.25) is 0 Å². The largest absolute Gasteiger partial charge is 0.316 e. The zero-order valence-corrected chi connectivity index (χ0v) is 13.8. The van der Waals surface area contributed by atoms with Gasteiger partial charge in [-0.1, -0.05) is 20.8 Å². The van der Waals surface area contributed by atoms with Crippen LogP contribution in [0.2, 0.25) is 0 Å². The van der Waals surface area contributed by atoms with Crippen molar-refractivity contribution in [2.45, 2.75) is 59.0 Å². The van der Waals surface area contributed by atoms with E-state index in [1.165, 1.54) is 38.9 Å². The first-order chi connectivity index (χ1) is 9.04. The van der Waals surface area contributed by atoms with Crippen molar-refractivity contribution in [1.82, 2.24) is 15.1 Å². The van der Waals surface area contributed by atoms with Gasteiger partial charge in [-0.25, -0.2) is 0 Å². The van der Waals surface area contributed by atoms with Crippen molar-refractivity contribution in [3.8, 4) is 0 Å². The third kappa shape index (κ3) is 6.24. The van der Waals surface area contributed by atoms with Crippen LogP contribution in [0.3, 0.4) is 0 Å². The quantitative estimate of drug-likeness (QED) is 0.649. The van der Waals surface area contributed by atoms with Crippen molar-refractivity contribution < 1.29 is 0 Å². The van der Waals surface area contributed by atoms with Gasteiger partial charge in [-0.15, -0.1) is 0 Å². The predicted molar refractivity (Wildman–Crippen MR) is 84.7 cm³/mol. The minimum absolute atomic E-state index is 0.680. The smallest absolute Gasteiger partial charge is 0.0223 e. The van der Waals surface area contributed by atoms with Crippen molar-refractivity contribution in [1.29, 1.82) is 0 Å². The van der Waals surface area contributed by atoms with Crippen molar-refractivity contribution in [3.63, 3.8) is 0 Å². The molecular formula is C16H35N3. The van der Waals surface area contributed by atoms with Gasteiger partial charge in [-0.2, -0.15) is 0 Å². The SMILES string of the molecule is CCN1CCCC1CN(C)C(C)CCNCC(C)C. The second-order valence-electron chi connectivity index (χ2n) is 6.60. The summed E-state index contributed by atoms with van der Waals surface area (Å²) in [5.41, 5.74) is 0. The van der Waals surface area contributed by atoms with Gasteiger partial charge in [0.1, 0.15) is 0 Å². The molecule has 2 unspecified atom stereocenters. The summed E-state index contributed by atoms with van der Waals surface area (Å²) in [5, 5.41) is 3.55. The molecule has 0 aromatic carbocycles. The zero-order chi connectivity index (χ0) is 14.3. The molecule has 1 N–H and O–H groups in total. The molecule has 1 aliphatic heterocycles. The van der Waals surface area contributed by atoms with Crippen molar-refractivity contribution >= 4 is 0 Å². The second-order valence-corrected chi connectivity index (χ2v) is 6.60. The van der Waals surface area contributed by atoms with Crippen molar-refractivity contribution in [2.24, 2.45) is 5.92 Å². The van der Waals surface area contributed by atoms with Gasteiger partial charge in [0.25, 0.3) is 0 Å². The molecule has 3 heteroatoms. The molecule has 0 bridgehead atoms. The number of rotatable bonds is 9. The Bertz CT molecular complexity index is 230.